The number of hydrogen-bond acceptors (Lipinski definition) is 4. The topological polar surface area (TPSA) is 84.2 Å². The summed E-state index contributed by atoms with van der Waals surface area (Å²) in [6.07, 6.45) is 3.36. The summed E-state index contributed by atoms with van der Waals surface area (Å²) in [5, 5.41) is 12.2. The van der Waals surface area contributed by atoms with Gasteiger partial charge in [-0.1, -0.05) is 6.92 Å². The highest BCUT2D eigenvalue weighted by atomic mass is 16.4. The van der Waals surface area contributed by atoms with Crippen molar-refractivity contribution in [2.45, 2.75) is 45.2 Å². The van der Waals surface area contributed by atoms with Crippen LogP contribution in [0.5, 0.6) is 0 Å². The molecule has 0 amide bonds. The Morgan fingerprint density at radius 1 is 1.72 bits per heavy atom. The highest BCUT2D eigenvalue weighted by Gasteiger charge is 2.30. The predicted molar refractivity (Wildman–Crippen MR) is 66.9 cm³/mol. The SMILES string of the molecule is CCC(C)Nc1cnc2n(c1=O)[C@H](C(=O)O)CC2. The van der Waals surface area contributed by atoms with Crippen LogP contribution in [-0.4, -0.2) is 26.7 Å². The van der Waals surface area contributed by atoms with E-state index in [0.717, 1.165) is 6.42 Å². The predicted octanol–water partition coefficient (Wildman–Crippen LogP) is 1.03. The lowest BCUT2D eigenvalue weighted by molar-refractivity contribution is -0.140. The summed E-state index contributed by atoms with van der Waals surface area (Å²) >= 11 is 0. The largest absolute Gasteiger partial charge is 0.480 e. The summed E-state index contributed by atoms with van der Waals surface area (Å²) in [7, 11) is 0. The molecule has 0 fully saturated rings. The Morgan fingerprint density at radius 2 is 2.44 bits per heavy atom. The molecule has 0 aliphatic carbocycles. The minimum Gasteiger partial charge on any atom is -0.480 e. The van der Waals surface area contributed by atoms with Crippen molar-refractivity contribution in [3.05, 3.63) is 22.4 Å². The molecule has 0 aromatic carbocycles. The number of aryl methyl sites for hydroxylation is 1. The zero-order valence-electron chi connectivity index (χ0n) is 10.5. The standard InChI is InChI=1S/C12H17N3O3/c1-3-7(2)14-8-6-13-10-5-4-9(12(17)18)15(10)11(8)16/h6-7,9,14H,3-5H2,1-2H3,(H,17,18)/t7?,9-/m0/s1. The van der Waals surface area contributed by atoms with Crippen molar-refractivity contribution in [2.75, 3.05) is 5.32 Å². The van der Waals surface area contributed by atoms with Crippen LogP contribution in [0, 0.1) is 0 Å². The molecule has 6 nitrogen and oxygen atoms in total. The molecule has 0 spiro atoms. The first-order chi connectivity index (χ1) is 8.54. The number of aliphatic carboxylic acids is 1. The summed E-state index contributed by atoms with van der Waals surface area (Å²) < 4.78 is 1.30. The van der Waals surface area contributed by atoms with Crippen LogP contribution in [0.1, 0.15) is 38.6 Å². The monoisotopic (exact) mass is 251 g/mol. The lowest BCUT2D eigenvalue weighted by Crippen LogP contribution is -2.31. The van der Waals surface area contributed by atoms with Crippen LogP contribution in [0.3, 0.4) is 0 Å². The molecule has 1 aromatic heterocycles. The second-order valence-electron chi connectivity index (χ2n) is 4.61. The van der Waals surface area contributed by atoms with Gasteiger partial charge < -0.3 is 10.4 Å². The fraction of sp³-hybridized carbons (Fsp3) is 0.583. The molecule has 98 valence electrons. The fourth-order valence-corrected chi connectivity index (χ4v) is 2.11. The number of hydrogen-bond donors (Lipinski definition) is 2. The van der Waals surface area contributed by atoms with Crippen molar-refractivity contribution in [2.24, 2.45) is 0 Å². The van der Waals surface area contributed by atoms with Gasteiger partial charge in [-0.15, -0.1) is 0 Å². The van der Waals surface area contributed by atoms with Gasteiger partial charge in [0.2, 0.25) is 0 Å². The number of carboxylic acid groups (broad SMARTS) is 1. The molecule has 1 aliphatic heterocycles. The molecule has 0 radical (unpaired) electrons. The number of nitrogens with zero attached hydrogens (tertiary/aromatic N) is 2. The molecule has 0 saturated carbocycles. The first kappa shape index (κ1) is 12.6. The third-order valence-corrected chi connectivity index (χ3v) is 3.32. The maximum atomic E-state index is 12.2. The van der Waals surface area contributed by atoms with Gasteiger partial charge >= 0.3 is 5.97 Å². The smallest absolute Gasteiger partial charge is 0.326 e. The normalized spacial score (nSPS) is 19.3. The molecular weight excluding hydrogens is 234 g/mol. The number of nitrogens with one attached hydrogen (secondary N) is 1. The van der Waals surface area contributed by atoms with Crippen LogP contribution < -0.4 is 10.9 Å². The first-order valence-electron chi connectivity index (χ1n) is 6.14. The van der Waals surface area contributed by atoms with E-state index in [1.165, 1.54) is 10.8 Å². The molecule has 0 saturated heterocycles. The molecule has 2 N–H and O–H groups in total. The van der Waals surface area contributed by atoms with E-state index in [4.69, 9.17) is 5.11 Å². The summed E-state index contributed by atoms with van der Waals surface area (Å²) in [5.74, 6) is -0.416. The van der Waals surface area contributed by atoms with Gasteiger partial charge in [0.05, 0.1) is 6.20 Å². The van der Waals surface area contributed by atoms with E-state index >= 15 is 0 Å². The van der Waals surface area contributed by atoms with Gasteiger partial charge in [0, 0.05) is 12.5 Å². The van der Waals surface area contributed by atoms with Crippen LogP contribution in [0.25, 0.3) is 0 Å². The zero-order chi connectivity index (χ0) is 13.3. The van der Waals surface area contributed by atoms with Crippen molar-refractivity contribution < 1.29 is 9.90 Å². The van der Waals surface area contributed by atoms with Crippen LogP contribution in [0.2, 0.25) is 0 Å². The molecule has 2 atom stereocenters. The third-order valence-electron chi connectivity index (χ3n) is 3.32. The highest BCUT2D eigenvalue weighted by Crippen LogP contribution is 2.23. The van der Waals surface area contributed by atoms with Gasteiger partial charge in [-0.05, 0) is 19.8 Å². The van der Waals surface area contributed by atoms with Gasteiger partial charge in [-0.3, -0.25) is 9.36 Å². The molecule has 6 heteroatoms. The van der Waals surface area contributed by atoms with Gasteiger partial charge in [0.25, 0.3) is 5.56 Å². The van der Waals surface area contributed by atoms with Crippen LogP contribution in [0.15, 0.2) is 11.0 Å². The maximum Gasteiger partial charge on any atom is 0.326 e. The molecule has 1 aromatic rings. The Labute approximate surface area is 105 Å². The molecule has 0 bridgehead atoms. The molecular formula is C12H17N3O3. The quantitative estimate of drug-likeness (QED) is 0.834. The van der Waals surface area contributed by atoms with Crippen LogP contribution >= 0.6 is 0 Å². The Bertz CT molecular complexity index is 524. The Hall–Kier alpha value is -1.85. The molecule has 1 unspecified atom stereocenters. The Kier molecular flexibility index (Phi) is 3.36. The summed E-state index contributed by atoms with van der Waals surface area (Å²) in [6, 6.07) is -0.624. The molecule has 18 heavy (non-hydrogen) atoms. The van der Waals surface area contributed by atoms with Crippen LogP contribution in [-0.2, 0) is 11.2 Å². The number of rotatable bonds is 4. The molecule has 2 heterocycles. The average Bonchev–Trinajstić information content (AvgIpc) is 2.77. The summed E-state index contributed by atoms with van der Waals surface area (Å²) in [5.41, 5.74) is 0.0893. The maximum absolute atomic E-state index is 12.2. The van der Waals surface area contributed by atoms with Crippen molar-refractivity contribution in [1.29, 1.82) is 0 Å². The van der Waals surface area contributed by atoms with Gasteiger partial charge in [-0.25, -0.2) is 9.78 Å². The van der Waals surface area contributed by atoms with E-state index in [1.54, 1.807) is 0 Å². The molecule has 2 rings (SSSR count). The van der Waals surface area contributed by atoms with Gasteiger partial charge in [-0.2, -0.15) is 0 Å². The third kappa shape index (κ3) is 2.10. The Balaban J connectivity index is 2.41. The molecule has 1 aliphatic rings. The van der Waals surface area contributed by atoms with Gasteiger partial charge in [0.1, 0.15) is 17.6 Å². The second-order valence-corrected chi connectivity index (χ2v) is 4.61. The number of carbonyl (C=O) groups is 1. The minimum atomic E-state index is -0.974. The number of aromatic nitrogens is 2. The minimum absolute atomic E-state index is 0.155. The number of fused-ring (bicyclic) bond motifs is 1. The van der Waals surface area contributed by atoms with Crippen molar-refractivity contribution in [3.8, 4) is 0 Å². The van der Waals surface area contributed by atoms with Crippen molar-refractivity contribution in [3.63, 3.8) is 0 Å². The Morgan fingerprint density at radius 3 is 3.06 bits per heavy atom. The summed E-state index contributed by atoms with van der Waals surface area (Å²) in [4.78, 5) is 27.5. The van der Waals surface area contributed by atoms with E-state index < -0.39 is 12.0 Å². The number of anilines is 1. The zero-order valence-corrected chi connectivity index (χ0v) is 10.5. The van der Waals surface area contributed by atoms with E-state index in [-0.39, 0.29) is 11.6 Å². The first-order valence-corrected chi connectivity index (χ1v) is 6.14. The summed E-state index contributed by atoms with van der Waals surface area (Å²) in [6.45, 7) is 3.97. The van der Waals surface area contributed by atoms with Crippen molar-refractivity contribution in [1.82, 2.24) is 9.55 Å². The van der Waals surface area contributed by atoms with E-state index in [9.17, 15) is 9.59 Å². The lowest BCUT2D eigenvalue weighted by atomic mass is 10.2. The second kappa shape index (κ2) is 4.80. The fourth-order valence-electron chi connectivity index (χ4n) is 2.11. The van der Waals surface area contributed by atoms with E-state index in [1.807, 2.05) is 13.8 Å². The lowest BCUT2D eigenvalue weighted by Gasteiger charge is -2.15. The van der Waals surface area contributed by atoms with E-state index in [2.05, 4.69) is 10.3 Å². The van der Waals surface area contributed by atoms with E-state index in [0.29, 0.717) is 24.4 Å². The average molecular weight is 251 g/mol. The van der Waals surface area contributed by atoms with Crippen molar-refractivity contribution >= 4 is 11.7 Å². The van der Waals surface area contributed by atoms with Crippen LogP contribution in [0.4, 0.5) is 5.69 Å². The highest BCUT2D eigenvalue weighted by molar-refractivity contribution is 5.72. The van der Waals surface area contributed by atoms with Gasteiger partial charge in [0.15, 0.2) is 0 Å². The number of carboxylic acids is 1.